The van der Waals surface area contributed by atoms with Crippen LogP contribution in [-0.4, -0.2) is 6.10 Å². The number of nitrogens with zero attached hydrogens (tertiary/aromatic N) is 1. The summed E-state index contributed by atoms with van der Waals surface area (Å²) >= 11 is 0. The maximum absolute atomic E-state index is 6.43. The Labute approximate surface area is 421 Å². The zero-order valence-electron chi connectivity index (χ0n) is 40.2. The molecular weight excluding hydrogens is 871 g/mol. The van der Waals surface area contributed by atoms with Gasteiger partial charge in [0.25, 0.3) is 0 Å². The first-order valence-corrected chi connectivity index (χ1v) is 25.4. The minimum Gasteiger partial charge on any atom is -0.485 e. The van der Waals surface area contributed by atoms with E-state index in [1.54, 1.807) is 0 Å². The Morgan fingerprint density at radius 2 is 0.986 bits per heavy atom. The molecule has 1 aliphatic heterocycles. The summed E-state index contributed by atoms with van der Waals surface area (Å²) in [4.78, 5) is 2.59. The smallest absolute Gasteiger partial charge is 0.128 e. The Hall–Kier alpha value is -8.72. The van der Waals surface area contributed by atoms with Crippen molar-refractivity contribution in [3.63, 3.8) is 0 Å². The fourth-order valence-electron chi connectivity index (χ4n) is 13.4. The monoisotopic (exact) mass is 919 g/mol. The average Bonchev–Trinajstić information content (AvgIpc) is 4.13. The van der Waals surface area contributed by atoms with Crippen molar-refractivity contribution in [2.24, 2.45) is 0 Å². The summed E-state index contributed by atoms with van der Waals surface area (Å²) in [5.41, 5.74) is 26.9. The third-order valence-corrected chi connectivity index (χ3v) is 16.6. The van der Waals surface area contributed by atoms with Crippen LogP contribution in [0.4, 0.5) is 17.1 Å². The second-order valence-corrected chi connectivity index (χ2v) is 20.6. The Morgan fingerprint density at radius 1 is 0.403 bits per heavy atom. The first-order valence-electron chi connectivity index (χ1n) is 25.4. The number of para-hydroxylation sites is 1. The molecule has 10 aromatic carbocycles. The topological polar surface area (TPSA) is 12.5 Å². The predicted octanol–water partition coefficient (Wildman–Crippen LogP) is 17.6. The van der Waals surface area contributed by atoms with Gasteiger partial charge in [0, 0.05) is 33.7 Å². The van der Waals surface area contributed by atoms with Crippen molar-refractivity contribution in [2.45, 2.75) is 36.7 Å². The van der Waals surface area contributed by atoms with Crippen LogP contribution in [0.2, 0.25) is 0 Å². The molecule has 0 fully saturated rings. The fourth-order valence-corrected chi connectivity index (χ4v) is 13.4. The van der Waals surface area contributed by atoms with Crippen LogP contribution in [0.25, 0.3) is 61.2 Å². The van der Waals surface area contributed by atoms with Crippen molar-refractivity contribution < 1.29 is 4.74 Å². The van der Waals surface area contributed by atoms with E-state index in [0.29, 0.717) is 0 Å². The molecule has 0 saturated carbocycles. The molecular formula is C70H49NO. The molecule has 0 bridgehead atoms. The zero-order valence-corrected chi connectivity index (χ0v) is 40.2. The van der Waals surface area contributed by atoms with E-state index in [0.717, 1.165) is 28.4 Å². The highest BCUT2D eigenvalue weighted by Gasteiger charge is 2.52. The van der Waals surface area contributed by atoms with Gasteiger partial charge in [-0.3, -0.25) is 0 Å². The van der Waals surface area contributed by atoms with Crippen LogP contribution in [0.1, 0.15) is 64.3 Å². The quantitative estimate of drug-likeness (QED) is 0.165. The van der Waals surface area contributed by atoms with Crippen molar-refractivity contribution >= 4 is 22.6 Å². The first kappa shape index (κ1) is 41.1. The van der Waals surface area contributed by atoms with Crippen molar-refractivity contribution in [3.05, 3.63) is 293 Å². The van der Waals surface area contributed by atoms with Gasteiger partial charge in [-0.15, -0.1) is 0 Å². The molecule has 15 rings (SSSR count). The summed E-state index contributed by atoms with van der Waals surface area (Å²) in [6.45, 7) is 4.81. The number of ether oxygens (including phenoxy) is 1. The van der Waals surface area contributed by atoms with Gasteiger partial charge in [-0.2, -0.15) is 0 Å². The minimum atomic E-state index is -0.481. The molecule has 72 heavy (non-hydrogen) atoms. The zero-order chi connectivity index (χ0) is 47.7. The standard InChI is InChI=1S/C70H49NO/c1-69(2)62-42-48(44-18-5-3-6-19-44)32-36-52(62)53-37-35-49(43-63(53)69)71(64-38-33-46(40-56(64)45-20-7-4-8-21-45)47-34-39-67-57(41-47)54-24-12-16-31-66(54)72-67)65-30-17-29-61-68(65)55-25-11-15-28-60(55)70(61)58-26-13-9-22-50(58)51-23-10-14-27-59(51)70/h3-43,57,67H,1-2H3. The molecule has 1 heterocycles. The van der Waals surface area contributed by atoms with Gasteiger partial charge in [0.1, 0.15) is 11.9 Å². The molecule has 340 valence electrons. The lowest BCUT2D eigenvalue weighted by Gasteiger charge is -2.33. The van der Waals surface area contributed by atoms with Gasteiger partial charge in [0.2, 0.25) is 0 Å². The van der Waals surface area contributed by atoms with Gasteiger partial charge in [-0.25, -0.2) is 0 Å². The van der Waals surface area contributed by atoms with Crippen LogP contribution in [0, 0.1) is 0 Å². The summed E-state index contributed by atoms with van der Waals surface area (Å²) in [7, 11) is 0. The molecule has 2 nitrogen and oxygen atoms in total. The van der Waals surface area contributed by atoms with Gasteiger partial charge in [-0.1, -0.05) is 214 Å². The summed E-state index contributed by atoms with van der Waals surface area (Å²) in [5, 5.41) is 0. The van der Waals surface area contributed by atoms with Crippen molar-refractivity contribution in [2.75, 3.05) is 4.90 Å². The predicted molar refractivity (Wildman–Crippen MR) is 297 cm³/mol. The Morgan fingerprint density at radius 3 is 1.74 bits per heavy atom. The van der Waals surface area contributed by atoms with Crippen molar-refractivity contribution in [3.8, 4) is 61.4 Å². The second kappa shape index (κ2) is 15.4. The third kappa shape index (κ3) is 5.72. The lowest BCUT2D eigenvalue weighted by Crippen LogP contribution is -2.26. The lowest BCUT2D eigenvalue weighted by molar-refractivity contribution is 0.269. The Balaban J connectivity index is 0.977. The lowest BCUT2D eigenvalue weighted by atomic mass is 9.70. The number of benzene rings is 10. The van der Waals surface area contributed by atoms with Crippen LogP contribution >= 0.6 is 0 Å². The van der Waals surface area contributed by atoms with Crippen LogP contribution in [0.15, 0.2) is 249 Å². The Bertz CT molecular complexity index is 3900. The molecule has 2 heteroatoms. The van der Waals surface area contributed by atoms with Crippen molar-refractivity contribution in [1.29, 1.82) is 0 Å². The van der Waals surface area contributed by atoms with E-state index in [9.17, 15) is 0 Å². The van der Waals surface area contributed by atoms with E-state index in [4.69, 9.17) is 4.74 Å². The second-order valence-electron chi connectivity index (χ2n) is 20.6. The SMILES string of the molecule is CC1(C)c2cc(-c3ccccc3)ccc2-c2ccc(N(c3ccc(C4=CC5c6ccccc6OC5C=C4)cc3-c3ccccc3)c3cccc4c3-c3ccccc3C43c4ccccc4-c4ccccc43)cc21. The molecule has 1 spiro atoms. The van der Waals surface area contributed by atoms with Crippen LogP contribution in [0.5, 0.6) is 5.75 Å². The molecule has 2 atom stereocenters. The van der Waals surface area contributed by atoms with Gasteiger partial charge in [-0.05, 0) is 138 Å². The van der Waals surface area contributed by atoms with Gasteiger partial charge < -0.3 is 9.64 Å². The normalized spacial score (nSPS) is 17.1. The highest BCUT2D eigenvalue weighted by molar-refractivity contribution is 6.03. The fraction of sp³-hybridized carbons (Fsp3) is 0.0857. The van der Waals surface area contributed by atoms with E-state index in [2.05, 4.69) is 267 Å². The van der Waals surface area contributed by atoms with E-state index in [1.165, 1.54) is 100 Å². The number of hydrogen-bond donors (Lipinski definition) is 0. The number of allylic oxidation sites excluding steroid dienone is 2. The molecule has 4 aliphatic carbocycles. The first-order chi connectivity index (χ1) is 35.5. The van der Waals surface area contributed by atoms with Crippen LogP contribution in [0.3, 0.4) is 0 Å². The largest absolute Gasteiger partial charge is 0.485 e. The van der Waals surface area contributed by atoms with Crippen molar-refractivity contribution in [1.82, 2.24) is 0 Å². The molecule has 0 saturated heterocycles. The summed E-state index contributed by atoms with van der Waals surface area (Å²) < 4.78 is 6.43. The number of anilines is 3. The van der Waals surface area contributed by atoms with E-state index >= 15 is 0 Å². The van der Waals surface area contributed by atoms with E-state index in [-0.39, 0.29) is 17.4 Å². The highest BCUT2D eigenvalue weighted by atomic mass is 16.5. The maximum atomic E-state index is 6.43. The molecule has 0 aromatic heterocycles. The van der Waals surface area contributed by atoms with Gasteiger partial charge in [0.15, 0.2) is 0 Å². The molecule has 0 amide bonds. The Kier molecular flexibility index (Phi) is 8.78. The van der Waals surface area contributed by atoms with E-state index in [1.807, 2.05) is 0 Å². The molecule has 5 aliphatic rings. The molecule has 2 unspecified atom stereocenters. The van der Waals surface area contributed by atoms with Gasteiger partial charge in [0.05, 0.1) is 16.8 Å². The van der Waals surface area contributed by atoms with Crippen LogP contribution < -0.4 is 9.64 Å². The number of hydrogen-bond acceptors (Lipinski definition) is 2. The van der Waals surface area contributed by atoms with E-state index < -0.39 is 5.41 Å². The average molecular weight is 920 g/mol. The van der Waals surface area contributed by atoms with Crippen LogP contribution in [-0.2, 0) is 10.8 Å². The molecule has 0 N–H and O–H groups in total. The number of fused-ring (bicyclic) bond motifs is 16. The summed E-state index contributed by atoms with van der Waals surface area (Å²) in [6.07, 6.45) is 6.92. The molecule has 0 radical (unpaired) electrons. The third-order valence-electron chi connectivity index (χ3n) is 16.6. The van der Waals surface area contributed by atoms with Gasteiger partial charge >= 0.3 is 0 Å². The number of rotatable bonds is 6. The maximum Gasteiger partial charge on any atom is 0.128 e. The minimum absolute atomic E-state index is 0.000205. The highest BCUT2D eigenvalue weighted by Crippen LogP contribution is 2.65. The summed E-state index contributed by atoms with van der Waals surface area (Å²) in [6, 6.07) is 86.2. The summed E-state index contributed by atoms with van der Waals surface area (Å²) in [5.74, 6) is 1.14. The molecule has 10 aromatic rings.